The summed E-state index contributed by atoms with van der Waals surface area (Å²) in [5.74, 6) is -1.47. The molecule has 0 saturated carbocycles. The fourth-order valence-electron chi connectivity index (χ4n) is 0.592. The van der Waals surface area contributed by atoms with Crippen LogP contribution in [0.1, 0.15) is 10.4 Å². The second kappa shape index (κ2) is 5.00. The summed E-state index contributed by atoms with van der Waals surface area (Å²) >= 11 is 0. The van der Waals surface area contributed by atoms with Crippen LogP contribution >= 0.6 is 0 Å². The van der Waals surface area contributed by atoms with Gasteiger partial charge in [-0.15, -0.1) is 0 Å². The first-order chi connectivity index (χ1) is 4.70. The van der Waals surface area contributed by atoms with E-state index in [1.807, 2.05) is 0 Å². The molecule has 0 bridgehead atoms. The van der Waals surface area contributed by atoms with Gasteiger partial charge in [0.25, 0.3) is 0 Å². The molecule has 2 nitrogen and oxygen atoms in total. The van der Waals surface area contributed by atoms with E-state index >= 15 is 0 Å². The molecule has 0 spiro atoms. The number of aromatic carboxylic acids is 1. The minimum absolute atomic E-state index is 0. The Labute approximate surface area is 106 Å². The molecular formula is C7H6FKO2. The van der Waals surface area contributed by atoms with Crippen LogP contribution in [0, 0.1) is 5.82 Å². The molecule has 54 valence electrons. The first-order valence-corrected chi connectivity index (χ1v) is 2.69. The monoisotopic (exact) mass is 180 g/mol. The summed E-state index contributed by atoms with van der Waals surface area (Å²) in [4.78, 5) is 10.2. The van der Waals surface area contributed by atoms with E-state index in [4.69, 9.17) is 5.11 Å². The third-order valence-electron chi connectivity index (χ3n) is 1.09. The van der Waals surface area contributed by atoms with E-state index in [9.17, 15) is 9.18 Å². The summed E-state index contributed by atoms with van der Waals surface area (Å²) in [7, 11) is 0. The van der Waals surface area contributed by atoms with Crippen LogP contribution in [0.3, 0.4) is 0 Å². The molecule has 1 aromatic rings. The van der Waals surface area contributed by atoms with Crippen LogP contribution in [0.25, 0.3) is 0 Å². The first-order valence-electron chi connectivity index (χ1n) is 2.69. The van der Waals surface area contributed by atoms with Crippen molar-refractivity contribution >= 4 is 57.4 Å². The average molecular weight is 180 g/mol. The van der Waals surface area contributed by atoms with Gasteiger partial charge in [-0.25, -0.2) is 9.18 Å². The molecule has 0 aromatic heterocycles. The van der Waals surface area contributed by atoms with E-state index in [1.54, 1.807) is 0 Å². The number of benzene rings is 1. The minimum atomic E-state index is -1.04. The van der Waals surface area contributed by atoms with Crippen LogP contribution in [0.4, 0.5) is 4.39 Å². The van der Waals surface area contributed by atoms with Gasteiger partial charge in [0.05, 0.1) is 5.56 Å². The summed E-state index contributed by atoms with van der Waals surface area (Å²) in [6, 6.07) is 4.67. The fourth-order valence-corrected chi connectivity index (χ4v) is 0.592. The molecule has 4 heteroatoms. The van der Waals surface area contributed by atoms with Crippen molar-refractivity contribution in [3.05, 3.63) is 35.6 Å². The topological polar surface area (TPSA) is 37.3 Å². The summed E-state index contributed by atoms with van der Waals surface area (Å²) in [5.41, 5.74) is 0.0985. The second-order valence-electron chi connectivity index (χ2n) is 1.81. The number of carboxylic acid groups (broad SMARTS) is 1. The molecule has 1 N–H and O–H groups in total. The summed E-state index contributed by atoms with van der Waals surface area (Å²) < 4.78 is 12.2. The van der Waals surface area contributed by atoms with Gasteiger partial charge in [0, 0.05) is 0 Å². The molecule has 11 heavy (non-hydrogen) atoms. The second-order valence-corrected chi connectivity index (χ2v) is 1.81. The summed E-state index contributed by atoms with van der Waals surface area (Å²) in [5, 5.41) is 8.35. The number of rotatable bonds is 1. The van der Waals surface area contributed by atoms with E-state index in [0.29, 0.717) is 0 Å². The van der Waals surface area contributed by atoms with Crippen molar-refractivity contribution in [3.63, 3.8) is 0 Å². The Morgan fingerprint density at radius 1 is 1.27 bits per heavy atom. The van der Waals surface area contributed by atoms with Crippen molar-refractivity contribution in [3.8, 4) is 0 Å². The van der Waals surface area contributed by atoms with Gasteiger partial charge in [-0.3, -0.25) is 0 Å². The quantitative estimate of drug-likeness (QED) is 0.651. The SMILES string of the molecule is O=C(O)c1ccc(F)cc1.[KH]. The number of carbonyl (C=O) groups is 1. The Hall–Kier alpha value is 0.256. The molecule has 0 aliphatic rings. The van der Waals surface area contributed by atoms with E-state index in [1.165, 1.54) is 12.1 Å². The Morgan fingerprint density at radius 2 is 1.73 bits per heavy atom. The zero-order chi connectivity index (χ0) is 7.56. The molecule has 0 saturated heterocycles. The Balaban J connectivity index is 0.000001000. The van der Waals surface area contributed by atoms with E-state index in [-0.39, 0.29) is 56.9 Å². The Bertz CT molecular complexity index is 245. The molecule has 0 radical (unpaired) electrons. The molecule has 0 fully saturated rings. The van der Waals surface area contributed by atoms with Gasteiger partial charge >= 0.3 is 57.4 Å². The van der Waals surface area contributed by atoms with Gasteiger partial charge in [0.1, 0.15) is 5.82 Å². The van der Waals surface area contributed by atoms with Crippen LogP contribution in [0.5, 0.6) is 0 Å². The predicted molar refractivity (Wildman–Crippen MR) is 40.5 cm³/mol. The molecule has 0 atom stereocenters. The predicted octanol–water partition coefficient (Wildman–Crippen LogP) is 0.875. The zero-order valence-corrected chi connectivity index (χ0v) is 5.04. The molecule has 0 amide bonds. The molecule has 1 rings (SSSR count). The van der Waals surface area contributed by atoms with Crippen molar-refractivity contribution in [1.29, 1.82) is 0 Å². The van der Waals surface area contributed by atoms with Crippen LogP contribution in [0.2, 0.25) is 0 Å². The average Bonchev–Trinajstić information content (AvgIpc) is 1.88. The standard InChI is InChI=1S/C7H5FO2.K.H/c8-6-3-1-5(2-4-6)7(9)10;;/h1-4H,(H,9,10);;. The fraction of sp³-hybridized carbons (Fsp3) is 0. The Kier molecular flexibility index (Phi) is 5.12. The van der Waals surface area contributed by atoms with Crippen LogP contribution < -0.4 is 0 Å². The van der Waals surface area contributed by atoms with Gasteiger partial charge in [-0.2, -0.15) is 0 Å². The summed E-state index contributed by atoms with van der Waals surface area (Å²) in [6.45, 7) is 0. The van der Waals surface area contributed by atoms with Gasteiger partial charge in [-0.1, -0.05) is 0 Å². The third kappa shape index (κ3) is 3.44. The maximum absolute atomic E-state index is 12.2. The first kappa shape index (κ1) is 11.3. The van der Waals surface area contributed by atoms with E-state index < -0.39 is 11.8 Å². The number of hydrogen-bond donors (Lipinski definition) is 1. The van der Waals surface area contributed by atoms with Gasteiger partial charge < -0.3 is 5.11 Å². The zero-order valence-electron chi connectivity index (χ0n) is 5.04. The van der Waals surface area contributed by atoms with Crippen molar-refractivity contribution < 1.29 is 14.3 Å². The van der Waals surface area contributed by atoms with Gasteiger partial charge in [0.2, 0.25) is 0 Å². The number of carboxylic acids is 1. The number of hydrogen-bond acceptors (Lipinski definition) is 1. The van der Waals surface area contributed by atoms with Crippen LogP contribution in [0.15, 0.2) is 24.3 Å². The van der Waals surface area contributed by atoms with Crippen molar-refractivity contribution in [2.75, 3.05) is 0 Å². The summed E-state index contributed by atoms with van der Waals surface area (Å²) in [6.07, 6.45) is 0. The van der Waals surface area contributed by atoms with E-state index in [2.05, 4.69) is 0 Å². The third-order valence-corrected chi connectivity index (χ3v) is 1.09. The molecule has 0 aliphatic heterocycles. The normalized spacial score (nSPS) is 8.45. The molecule has 0 unspecified atom stereocenters. The van der Waals surface area contributed by atoms with Crippen molar-refractivity contribution in [1.82, 2.24) is 0 Å². The van der Waals surface area contributed by atoms with E-state index in [0.717, 1.165) is 12.1 Å². The maximum atomic E-state index is 12.2. The van der Waals surface area contributed by atoms with Gasteiger partial charge in [0.15, 0.2) is 0 Å². The molecule has 0 aliphatic carbocycles. The molecule has 1 aromatic carbocycles. The van der Waals surface area contributed by atoms with Crippen molar-refractivity contribution in [2.45, 2.75) is 0 Å². The number of halogens is 1. The molecule has 0 heterocycles. The molecular weight excluding hydrogens is 174 g/mol. The van der Waals surface area contributed by atoms with Crippen LogP contribution in [-0.4, -0.2) is 62.5 Å². The van der Waals surface area contributed by atoms with Gasteiger partial charge in [-0.05, 0) is 24.3 Å². The Morgan fingerprint density at radius 3 is 2.09 bits per heavy atom. The van der Waals surface area contributed by atoms with Crippen molar-refractivity contribution in [2.24, 2.45) is 0 Å². The van der Waals surface area contributed by atoms with Crippen LogP contribution in [-0.2, 0) is 0 Å².